The van der Waals surface area contributed by atoms with E-state index in [1.54, 1.807) is 17.0 Å². The number of hydrogen-bond acceptors (Lipinski definition) is 3. The summed E-state index contributed by atoms with van der Waals surface area (Å²) in [5.74, 6) is -0.0854. The molecule has 0 atom stereocenters. The second-order valence-electron chi connectivity index (χ2n) is 4.04. The second kappa shape index (κ2) is 6.57. The van der Waals surface area contributed by atoms with E-state index in [1.165, 1.54) is 6.20 Å². The lowest BCUT2D eigenvalue weighted by Crippen LogP contribution is -2.38. The maximum absolute atomic E-state index is 12.2. The normalized spacial score (nSPS) is 10.6. The van der Waals surface area contributed by atoms with Gasteiger partial charge in [-0.2, -0.15) is 0 Å². The van der Waals surface area contributed by atoms with Gasteiger partial charge in [0.25, 0.3) is 5.91 Å². The van der Waals surface area contributed by atoms with Crippen LogP contribution in [0.15, 0.2) is 18.3 Å². The summed E-state index contributed by atoms with van der Waals surface area (Å²) in [6.45, 7) is 4.50. The molecular formula is C12H17ClN2O2. The lowest BCUT2D eigenvalue weighted by Gasteiger charge is -2.26. The summed E-state index contributed by atoms with van der Waals surface area (Å²) in [5, 5.41) is 9.13. The van der Waals surface area contributed by atoms with Crippen molar-refractivity contribution in [3.8, 4) is 0 Å². The molecule has 0 aliphatic heterocycles. The Labute approximate surface area is 106 Å². The molecule has 5 heteroatoms. The van der Waals surface area contributed by atoms with E-state index < -0.39 is 0 Å². The molecule has 0 saturated heterocycles. The van der Waals surface area contributed by atoms with E-state index in [2.05, 4.69) is 4.98 Å². The van der Waals surface area contributed by atoms with Crippen LogP contribution in [0.3, 0.4) is 0 Å². The van der Waals surface area contributed by atoms with Crippen molar-refractivity contribution in [3.05, 3.63) is 29.0 Å². The van der Waals surface area contributed by atoms with Crippen molar-refractivity contribution in [2.75, 3.05) is 13.2 Å². The Balaban J connectivity index is 2.84. The van der Waals surface area contributed by atoms with Crippen molar-refractivity contribution in [3.63, 3.8) is 0 Å². The number of halogens is 1. The molecule has 1 amide bonds. The minimum absolute atomic E-state index is 0.0770. The Morgan fingerprint density at radius 1 is 1.59 bits per heavy atom. The highest BCUT2D eigenvalue weighted by atomic mass is 35.5. The van der Waals surface area contributed by atoms with E-state index in [-0.39, 0.29) is 18.6 Å². The van der Waals surface area contributed by atoms with E-state index in [0.717, 1.165) is 0 Å². The van der Waals surface area contributed by atoms with Gasteiger partial charge in [-0.3, -0.25) is 4.79 Å². The largest absolute Gasteiger partial charge is 0.396 e. The molecular weight excluding hydrogens is 240 g/mol. The van der Waals surface area contributed by atoms with Gasteiger partial charge in [0.05, 0.1) is 0 Å². The second-order valence-corrected chi connectivity index (χ2v) is 4.42. The molecule has 0 saturated carbocycles. The highest BCUT2D eigenvalue weighted by Gasteiger charge is 2.18. The zero-order chi connectivity index (χ0) is 12.8. The molecule has 0 unspecified atom stereocenters. The van der Waals surface area contributed by atoms with Crippen LogP contribution in [0.2, 0.25) is 5.15 Å². The van der Waals surface area contributed by atoms with Gasteiger partial charge in [0.15, 0.2) is 0 Å². The predicted molar refractivity (Wildman–Crippen MR) is 67.1 cm³/mol. The third kappa shape index (κ3) is 3.98. The SMILES string of the molecule is CC(C)N(CCCO)C(=O)c1ccnc(Cl)c1. The standard InChI is InChI=1S/C12H17ClN2O2/c1-9(2)15(6-3-7-16)12(17)10-4-5-14-11(13)8-10/h4-5,8-9,16H,3,6-7H2,1-2H3. The highest BCUT2D eigenvalue weighted by Crippen LogP contribution is 2.12. The van der Waals surface area contributed by atoms with Gasteiger partial charge in [-0.05, 0) is 32.4 Å². The average molecular weight is 257 g/mol. The number of aliphatic hydroxyl groups is 1. The lowest BCUT2D eigenvalue weighted by atomic mass is 10.2. The summed E-state index contributed by atoms with van der Waals surface area (Å²) in [4.78, 5) is 17.8. The number of carbonyl (C=O) groups excluding carboxylic acids is 1. The maximum Gasteiger partial charge on any atom is 0.254 e. The van der Waals surface area contributed by atoms with E-state index in [0.29, 0.717) is 23.7 Å². The lowest BCUT2D eigenvalue weighted by molar-refractivity contribution is 0.0693. The first-order valence-electron chi connectivity index (χ1n) is 5.59. The van der Waals surface area contributed by atoms with Crippen LogP contribution in [-0.4, -0.2) is 40.1 Å². The van der Waals surface area contributed by atoms with Gasteiger partial charge in [0.1, 0.15) is 5.15 Å². The molecule has 1 rings (SSSR count). The Morgan fingerprint density at radius 3 is 2.82 bits per heavy atom. The first kappa shape index (κ1) is 13.9. The Bertz CT molecular complexity index is 383. The molecule has 1 heterocycles. The number of pyridine rings is 1. The van der Waals surface area contributed by atoms with E-state index >= 15 is 0 Å². The number of aromatic nitrogens is 1. The van der Waals surface area contributed by atoms with Crippen LogP contribution in [0.4, 0.5) is 0 Å². The molecule has 1 aromatic heterocycles. The molecule has 0 aromatic carbocycles. The number of hydrogen-bond donors (Lipinski definition) is 1. The summed E-state index contributed by atoms with van der Waals surface area (Å²) in [6.07, 6.45) is 2.09. The van der Waals surface area contributed by atoms with Crippen LogP contribution in [0.25, 0.3) is 0 Å². The van der Waals surface area contributed by atoms with Crippen LogP contribution < -0.4 is 0 Å². The zero-order valence-corrected chi connectivity index (χ0v) is 10.8. The van der Waals surface area contributed by atoms with Gasteiger partial charge < -0.3 is 10.0 Å². The molecule has 17 heavy (non-hydrogen) atoms. The monoisotopic (exact) mass is 256 g/mol. The maximum atomic E-state index is 12.2. The van der Waals surface area contributed by atoms with Crippen LogP contribution in [0.1, 0.15) is 30.6 Å². The molecule has 0 aliphatic rings. The first-order valence-corrected chi connectivity index (χ1v) is 5.97. The molecule has 1 aromatic rings. The molecule has 0 spiro atoms. The average Bonchev–Trinajstić information content (AvgIpc) is 2.29. The summed E-state index contributed by atoms with van der Waals surface area (Å²) in [6, 6.07) is 3.28. The molecule has 0 aliphatic carbocycles. The van der Waals surface area contributed by atoms with E-state index in [4.69, 9.17) is 16.7 Å². The number of amides is 1. The zero-order valence-electron chi connectivity index (χ0n) is 10.1. The minimum atomic E-state index is -0.0854. The van der Waals surface area contributed by atoms with Crippen LogP contribution in [0, 0.1) is 0 Å². The summed E-state index contributed by atoms with van der Waals surface area (Å²) in [7, 11) is 0. The van der Waals surface area contributed by atoms with Gasteiger partial charge in [0.2, 0.25) is 0 Å². The van der Waals surface area contributed by atoms with Crippen LogP contribution in [0.5, 0.6) is 0 Å². The van der Waals surface area contributed by atoms with Gasteiger partial charge >= 0.3 is 0 Å². The quantitative estimate of drug-likeness (QED) is 0.820. The van der Waals surface area contributed by atoms with Crippen molar-refractivity contribution in [2.45, 2.75) is 26.3 Å². The number of carbonyl (C=O) groups is 1. The van der Waals surface area contributed by atoms with Gasteiger partial charge in [-0.1, -0.05) is 11.6 Å². The van der Waals surface area contributed by atoms with Gasteiger partial charge in [-0.25, -0.2) is 4.98 Å². The predicted octanol–water partition coefficient (Wildman–Crippen LogP) is 1.97. The fourth-order valence-electron chi connectivity index (χ4n) is 1.54. The molecule has 94 valence electrons. The highest BCUT2D eigenvalue weighted by molar-refractivity contribution is 6.29. The molecule has 4 nitrogen and oxygen atoms in total. The molecule has 1 N–H and O–H groups in total. The summed E-state index contributed by atoms with van der Waals surface area (Å²) >= 11 is 5.76. The smallest absolute Gasteiger partial charge is 0.254 e. The van der Waals surface area contributed by atoms with Crippen molar-refractivity contribution < 1.29 is 9.90 Å². The third-order valence-electron chi connectivity index (χ3n) is 2.41. The van der Waals surface area contributed by atoms with E-state index in [1.807, 2.05) is 13.8 Å². The Hall–Kier alpha value is -1.13. The van der Waals surface area contributed by atoms with Crippen molar-refractivity contribution in [1.29, 1.82) is 0 Å². The summed E-state index contributed by atoms with van der Waals surface area (Å²) < 4.78 is 0. The number of rotatable bonds is 5. The van der Waals surface area contributed by atoms with E-state index in [9.17, 15) is 4.79 Å². The van der Waals surface area contributed by atoms with Crippen molar-refractivity contribution >= 4 is 17.5 Å². The fourth-order valence-corrected chi connectivity index (χ4v) is 1.71. The first-order chi connectivity index (χ1) is 8.06. The van der Waals surface area contributed by atoms with Crippen molar-refractivity contribution in [2.24, 2.45) is 0 Å². The van der Waals surface area contributed by atoms with Crippen LogP contribution >= 0.6 is 11.6 Å². The van der Waals surface area contributed by atoms with Gasteiger partial charge in [-0.15, -0.1) is 0 Å². The third-order valence-corrected chi connectivity index (χ3v) is 2.62. The fraction of sp³-hybridized carbons (Fsp3) is 0.500. The summed E-state index contributed by atoms with van der Waals surface area (Å²) in [5.41, 5.74) is 0.525. The van der Waals surface area contributed by atoms with Crippen LogP contribution in [-0.2, 0) is 0 Å². The Morgan fingerprint density at radius 2 is 2.29 bits per heavy atom. The molecule has 0 radical (unpaired) electrons. The van der Waals surface area contributed by atoms with Crippen molar-refractivity contribution in [1.82, 2.24) is 9.88 Å². The minimum Gasteiger partial charge on any atom is -0.396 e. The molecule has 0 bridgehead atoms. The number of aliphatic hydroxyl groups excluding tert-OH is 1. The number of nitrogens with zero attached hydrogens (tertiary/aromatic N) is 2. The van der Waals surface area contributed by atoms with Gasteiger partial charge in [0, 0.05) is 31.0 Å². The Kier molecular flexibility index (Phi) is 5.38. The topological polar surface area (TPSA) is 53.4 Å². The molecule has 0 fully saturated rings.